The first-order valence-electron chi connectivity index (χ1n) is 11.1. The zero-order chi connectivity index (χ0) is 22.2. The second-order valence-corrected chi connectivity index (χ2v) is 7.83. The Kier molecular flexibility index (Phi) is 12.1. The average molecular weight is 442 g/mol. The third-order valence-electron chi connectivity index (χ3n) is 4.87. The summed E-state index contributed by atoms with van der Waals surface area (Å²) in [6.07, 6.45) is 10.6. The molecule has 31 heavy (non-hydrogen) atoms. The van der Waals surface area contributed by atoms with E-state index in [0.717, 1.165) is 23.3 Å². The van der Waals surface area contributed by atoms with Gasteiger partial charge in [-0.2, -0.15) is 5.10 Å². The molecular formula is C25H35N3O2S. The van der Waals surface area contributed by atoms with Gasteiger partial charge in [-0.25, -0.2) is 0 Å². The van der Waals surface area contributed by atoms with Gasteiger partial charge in [0.15, 0.2) is 16.6 Å². The summed E-state index contributed by atoms with van der Waals surface area (Å²) in [5.74, 6) is 1.47. The van der Waals surface area contributed by atoms with Crippen LogP contribution in [0.5, 0.6) is 11.5 Å². The summed E-state index contributed by atoms with van der Waals surface area (Å²) >= 11 is 5.26. The van der Waals surface area contributed by atoms with Crippen LogP contribution >= 0.6 is 12.2 Å². The Hall–Kier alpha value is -2.60. The zero-order valence-corrected chi connectivity index (χ0v) is 19.5. The van der Waals surface area contributed by atoms with E-state index in [9.17, 15) is 0 Å². The molecule has 0 radical (unpaired) electrons. The summed E-state index contributed by atoms with van der Waals surface area (Å²) in [5, 5.41) is 7.80. The van der Waals surface area contributed by atoms with Crippen molar-refractivity contribution >= 4 is 23.5 Å². The summed E-state index contributed by atoms with van der Waals surface area (Å²) in [6, 6.07) is 15.9. The van der Waals surface area contributed by atoms with Gasteiger partial charge in [0.1, 0.15) is 0 Å². The Morgan fingerprint density at radius 3 is 2.45 bits per heavy atom. The van der Waals surface area contributed by atoms with Gasteiger partial charge in [0, 0.05) is 6.54 Å². The minimum atomic E-state index is 0.474. The van der Waals surface area contributed by atoms with E-state index in [2.05, 4.69) is 22.8 Å². The number of unbranched alkanes of at least 4 members (excludes halogenated alkanes) is 6. The molecule has 6 heteroatoms. The number of hydrogen-bond donors (Lipinski definition) is 2. The molecule has 0 saturated heterocycles. The average Bonchev–Trinajstić information content (AvgIpc) is 2.80. The second kappa shape index (κ2) is 15.2. The lowest BCUT2D eigenvalue weighted by molar-refractivity contribution is 0.284. The minimum Gasteiger partial charge on any atom is -0.493 e. The van der Waals surface area contributed by atoms with Crippen LogP contribution in [0.25, 0.3) is 0 Å². The van der Waals surface area contributed by atoms with Crippen LogP contribution < -0.4 is 20.2 Å². The third-order valence-corrected chi connectivity index (χ3v) is 5.10. The topological polar surface area (TPSA) is 54.9 Å². The smallest absolute Gasteiger partial charge is 0.187 e. The maximum Gasteiger partial charge on any atom is 0.187 e. The normalized spacial score (nSPS) is 10.8. The fourth-order valence-corrected chi connectivity index (χ4v) is 3.23. The molecule has 0 atom stereocenters. The van der Waals surface area contributed by atoms with Crippen LogP contribution in [0.4, 0.5) is 0 Å². The number of thiocarbonyl (C=S) groups is 1. The molecule has 0 bridgehead atoms. The third kappa shape index (κ3) is 10.3. The summed E-state index contributed by atoms with van der Waals surface area (Å²) in [4.78, 5) is 0. The molecule has 168 valence electrons. The molecule has 0 spiro atoms. The number of ether oxygens (including phenoxy) is 2. The predicted octanol–water partition coefficient (Wildman–Crippen LogP) is 5.82. The van der Waals surface area contributed by atoms with Gasteiger partial charge in [0.25, 0.3) is 0 Å². The van der Waals surface area contributed by atoms with Crippen molar-refractivity contribution in [2.24, 2.45) is 5.10 Å². The molecule has 2 rings (SSSR count). The van der Waals surface area contributed by atoms with E-state index in [1.54, 1.807) is 13.3 Å². The summed E-state index contributed by atoms with van der Waals surface area (Å²) in [7, 11) is 1.65. The van der Waals surface area contributed by atoms with E-state index in [1.165, 1.54) is 38.5 Å². The number of hydrazone groups is 1. The number of hydrogen-bond acceptors (Lipinski definition) is 4. The maximum atomic E-state index is 5.91. The molecule has 0 fully saturated rings. The lowest BCUT2D eigenvalue weighted by atomic mass is 10.1. The van der Waals surface area contributed by atoms with Crippen LogP contribution in [0.3, 0.4) is 0 Å². The Labute approximate surface area is 192 Å². The molecule has 2 aromatic rings. The Balaban J connectivity index is 1.71. The van der Waals surface area contributed by atoms with Crippen molar-refractivity contribution in [3.05, 3.63) is 59.7 Å². The minimum absolute atomic E-state index is 0.474. The van der Waals surface area contributed by atoms with Gasteiger partial charge in [-0.05, 0) is 48.0 Å². The summed E-state index contributed by atoms with van der Waals surface area (Å²) < 4.78 is 11.4. The SMILES string of the molecule is CCCCCCCCCOc1ccc(/C=N\NC(=S)NCc2ccccc2)cc1OC. The van der Waals surface area contributed by atoms with E-state index in [-0.39, 0.29) is 0 Å². The van der Waals surface area contributed by atoms with Crippen LogP contribution in [0.15, 0.2) is 53.6 Å². The van der Waals surface area contributed by atoms with Crippen LogP contribution in [-0.4, -0.2) is 25.0 Å². The number of nitrogens with one attached hydrogen (secondary N) is 2. The highest BCUT2D eigenvalue weighted by Crippen LogP contribution is 2.27. The van der Waals surface area contributed by atoms with Crippen molar-refractivity contribution in [2.45, 2.75) is 58.4 Å². The first-order chi connectivity index (χ1) is 15.2. The van der Waals surface area contributed by atoms with Crippen molar-refractivity contribution in [2.75, 3.05) is 13.7 Å². The highest BCUT2D eigenvalue weighted by atomic mass is 32.1. The van der Waals surface area contributed by atoms with Gasteiger partial charge < -0.3 is 14.8 Å². The van der Waals surface area contributed by atoms with Gasteiger partial charge in [0.05, 0.1) is 19.9 Å². The van der Waals surface area contributed by atoms with Crippen LogP contribution in [-0.2, 0) is 6.54 Å². The molecule has 0 aliphatic heterocycles. The van der Waals surface area contributed by atoms with Crippen molar-refractivity contribution in [1.82, 2.24) is 10.7 Å². The molecule has 0 aromatic heterocycles. The highest BCUT2D eigenvalue weighted by Gasteiger charge is 2.05. The quantitative estimate of drug-likeness (QED) is 0.167. The van der Waals surface area contributed by atoms with Gasteiger partial charge in [-0.3, -0.25) is 5.43 Å². The van der Waals surface area contributed by atoms with E-state index < -0.39 is 0 Å². The number of methoxy groups -OCH3 is 1. The summed E-state index contributed by atoms with van der Waals surface area (Å²) in [5.41, 5.74) is 4.90. The van der Waals surface area contributed by atoms with Crippen LogP contribution in [0.1, 0.15) is 63.0 Å². The van der Waals surface area contributed by atoms with E-state index >= 15 is 0 Å². The molecule has 0 saturated carbocycles. The number of benzene rings is 2. The Bertz CT molecular complexity index is 797. The van der Waals surface area contributed by atoms with E-state index in [0.29, 0.717) is 24.0 Å². The summed E-state index contributed by atoms with van der Waals surface area (Å²) in [6.45, 7) is 3.61. The van der Waals surface area contributed by atoms with Crippen molar-refractivity contribution in [3.63, 3.8) is 0 Å². The molecule has 0 heterocycles. The van der Waals surface area contributed by atoms with Crippen LogP contribution in [0.2, 0.25) is 0 Å². The fourth-order valence-electron chi connectivity index (χ4n) is 3.11. The van der Waals surface area contributed by atoms with Gasteiger partial charge in [-0.1, -0.05) is 75.8 Å². The first-order valence-corrected chi connectivity index (χ1v) is 11.6. The molecule has 0 aliphatic rings. The van der Waals surface area contributed by atoms with Gasteiger partial charge in [0.2, 0.25) is 0 Å². The zero-order valence-electron chi connectivity index (χ0n) is 18.7. The number of nitrogens with zero attached hydrogens (tertiary/aromatic N) is 1. The molecule has 2 N–H and O–H groups in total. The van der Waals surface area contributed by atoms with Gasteiger partial charge in [-0.15, -0.1) is 0 Å². The Morgan fingerprint density at radius 1 is 0.968 bits per heavy atom. The first kappa shape index (κ1) is 24.7. The second-order valence-electron chi connectivity index (χ2n) is 7.42. The van der Waals surface area contributed by atoms with Crippen molar-refractivity contribution in [1.29, 1.82) is 0 Å². The van der Waals surface area contributed by atoms with Crippen molar-refractivity contribution in [3.8, 4) is 11.5 Å². The van der Waals surface area contributed by atoms with E-state index in [1.807, 2.05) is 48.5 Å². The predicted molar refractivity (Wildman–Crippen MR) is 133 cm³/mol. The molecule has 0 amide bonds. The number of rotatable bonds is 14. The highest BCUT2D eigenvalue weighted by molar-refractivity contribution is 7.80. The molecular weight excluding hydrogens is 406 g/mol. The molecule has 0 unspecified atom stereocenters. The Morgan fingerprint density at radius 2 is 1.71 bits per heavy atom. The molecule has 2 aromatic carbocycles. The fraction of sp³-hybridized carbons (Fsp3) is 0.440. The van der Waals surface area contributed by atoms with Crippen LogP contribution in [0, 0.1) is 0 Å². The van der Waals surface area contributed by atoms with Crippen molar-refractivity contribution < 1.29 is 9.47 Å². The maximum absolute atomic E-state index is 5.91. The lowest BCUT2D eigenvalue weighted by Gasteiger charge is -2.11. The molecule has 5 nitrogen and oxygen atoms in total. The largest absolute Gasteiger partial charge is 0.493 e. The molecule has 0 aliphatic carbocycles. The monoisotopic (exact) mass is 441 g/mol. The van der Waals surface area contributed by atoms with Gasteiger partial charge >= 0.3 is 0 Å². The van der Waals surface area contributed by atoms with E-state index in [4.69, 9.17) is 21.7 Å². The standard InChI is InChI=1S/C25H35N3O2S/c1-3-4-5-6-7-8-12-17-30-23-16-15-22(18-24(23)29-2)20-27-28-25(31)26-19-21-13-10-9-11-14-21/h9-11,13-16,18,20H,3-8,12,17,19H2,1-2H3,(H2,26,28,31)/b27-20-. The lowest BCUT2D eigenvalue weighted by Crippen LogP contribution is -2.31.